The Bertz CT molecular complexity index is 802. The number of carbonyl (C=O) groups is 2. The third-order valence-electron chi connectivity index (χ3n) is 4.65. The Morgan fingerprint density at radius 1 is 1.04 bits per heavy atom. The zero-order chi connectivity index (χ0) is 19.8. The van der Waals surface area contributed by atoms with Crippen molar-refractivity contribution in [2.75, 3.05) is 44.7 Å². The largest absolute Gasteiger partial charge is 0.379 e. The number of hydrogen-bond donors (Lipinski definition) is 2. The summed E-state index contributed by atoms with van der Waals surface area (Å²) in [6.07, 6.45) is 0.943. The molecule has 0 saturated carbocycles. The highest BCUT2D eigenvalue weighted by Crippen LogP contribution is 2.11. The molecule has 7 heteroatoms. The van der Waals surface area contributed by atoms with Gasteiger partial charge in [-0.1, -0.05) is 25.1 Å². The Labute approximate surface area is 165 Å². The Morgan fingerprint density at radius 3 is 2.39 bits per heavy atom. The van der Waals surface area contributed by atoms with E-state index in [-0.39, 0.29) is 23.2 Å². The molecule has 0 radical (unpaired) electrons. The fourth-order valence-corrected chi connectivity index (χ4v) is 2.95. The molecular weight excluding hydrogens is 356 g/mol. The minimum absolute atomic E-state index is 0.209. The molecule has 1 aromatic carbocycles. The van der Waals surface area contributed by atoms with Crippen LogP contribution in [0.15, 0.2) is 42.5 Å². The van der Waals surface area contributed by atoms with Gasteiger partial charge in [-0.3, -0.25) is 14.5 Å². The van der Waals surface area contributed by atoms with E-state index in [1.807, 2.05) is 24.3 Å². The van der Waals surface area contributed by atoms with Crippen LogP contribution in [0.2, 0.25) is 0 Å². The first-order valence-electron chi connectivity index (χ1n) is 9.61. The first kappa shape index (κ1) is 20.0. The van der Waals surface area contributed by atoms with Crippen molar-refractivity contribution in [1.82, 2.24) is 15.2 Å². The number of hydrogen-bond acceptors (Lipinski definition) is 5. The second kappa shape index (κ2) is 9.96. The Hall–Kier alpha value is -2.77. The topological polar surface area (TPSA) is 83.6 Å². The molecule has 148 valence electrons. The van der Waals surface area contributed by atoms with E-state index in [9.17, 15) is 9.59 Å². The Morgan fingerprint density at radius 2 is 1.71 bits per heavy atom. The number of aromatic nitrogens is 1. The molecule has 1 aromatic heterocycles. The molecule has 0 unspecified atom stereocenters. The third kappa shape index (κ3) is 5.61. The first-order valence-corrected chi connectivity index (χ1v) is 9.61. The predicted octanol–water partition coefficient (Wildman–Crippen LogP) is 1.96. The number of rotatable bonds is 7. The molecule has 0 aliphatic carbocycles. The van der Waals surface area contributed by atoms with Gasteiger partial charge >= 0.3 is 0 Å². The lowest BCUT2D eigenvalue weighted by atomic mass is 10.1. The number of nitrogens with zero attached hydrogens (tertiary/aromatic N) is 2. The number of amides is 2. The molecule has 0 atom stereocenters. The highest BCUT2D eigenvalue weighted by Gasteiger charge is 2.14. The van der Waals surface area contributed by atoms with Crippen LogP contribution in [0.25, 0.3) is 0 Å². The summed E-state index contributed by atoms with van der Waals surface area (Å²) in [5.41, 5.74) is 2.34. The molecular formula is C21H26N4O3. The van der Waals surface area contributed by atoms with E-state index in [1.54, 1.807) is 18.2 Å². The van der Waals surface area contributed by atoms with Crippen LogP contribution < -0.4 is 10.6 Å². The van der Waals surface area contributed by atoms with Gasteiger partial charge in [0.25, 0.3) is 11.8 Å². The number of nitrogens with one attached hydrogen (secondary N) is 2. The standard InChI is InChI=1S/C21H26N4O3/c1-2-16-6-8-17(9-7-16)23-21(27)19-5-3-4-18(24-19)20(26)22-10-11-25-12-14-28-15-13-25/h3-9H,2,10-15H2,1H3,(H,22,26)(H,23,27). The van der Waals surface area contributed by atoms with Gasteiger partial charge in [0, 0.05) is 31.9 Å². The van der Waals surface area contributed by atoms with Crippen LogP contribution in [-0.2, 0) is 11.2 Å². The summed E-state index contributed by atoms with van der Waals surface area (Å²) in [5.74, 6) is -0.623. The average Bonchev–Trinajstić information content (AvgIpc) is 2.75. The van der Waals surface area contributed by atoms with E-state index in [4.69, 9.17) is 4.74 Å². The summed E-state index contributed by atoms with van der Waals surface area (Å²) in [4.78, 5) is 31.2. The van der Waals surface area contributed by atoms with Gasteiger partial charge in [-0.25, -0.2) is 4.98 Å². The zero-order valence-corrected chi connectivity index (χ0v) is 16.1. The van der Waals surface area contributed by atoms with Crippen molar-refractivity contribution in [3.8, 4) is 0 Å². The van der Waals surface area contributed by atoms with Crippen molar-refractivity contribution in [2.45, 2.75) is 13.3 Å². The summed E-state index contributed by atoms with van der Waals surface area (Å²) in [6.45, 7) is 6.59. The average molecular weight is 382 g/mol. The van der Waals surface area contributed by atoms with Gasteiger partial charge in [0.1, 0.15) is 11.4 Å². The van der Waals surface area contributed by atoms with Crippen LogP contribution in [0.1, 0.15) is 33.5 Å². The maximum Gasteiger partial charge on any atom is 0.274 e. The van der Waals surface area contributed by atoms with Crippen LogP contribution in [0.5, 0.6) is 0 Å². The number of pyridine rings is 1. The highest BCUT2D eigenvalue weighted by atomic mass is 16.5. The lowest BCUT2D eigenvalue weighted by Crippen LogP contribution is -2.41. The summed E-state index contributed by atoms with van der Waals surface area (Å²) >= 11 is 0. The monoisotopic (exact) mass is 382 g/mol. The van der Waals surface area contributed by atoms with Crippen LogP contribution in [0, 0.1) is 0 Å². The summed E-state index contributed by atoms with van der Waals surface area (Å²) in [7, 11) is 0. The molecule has 2 N–H and O–H groups in total. The number of aryl methyl sites for hydroxylation is 1. The molecule has 0 spiro atoms. The van der Waals surface area contributed by atoms with Crippen LogP contribution in [0.3, 0.4) is 0 Å². The lowest BCUT2D eigenvalue weighted by molar-refractivity contribution is 0.0383. The van der Waals surface area contributed by atoms with E-state index in [0.29, 0.717) is 12.2 Å². The van der Waals surface area contributed by atoms with Crippen molar-refractivity contribution >= 4 is 17.5 Å². The number of morpholine rings is 1. The summed E-state index contributed by atoms with van der Waals surface area (Å²) in [6, 6.07) is 12.5. The minimum Gasteiger partial charge on any atom is -0.379 e. The summed E-state index contributed by atoms with van der Waals surface area (Å²) < 4.78 is 5.31. The van der Waals surface area contributed by atoms with Gasteiger partial charge < -0.3 is 15.4 Å². The SMILES string of the molecule is CCc1ccc(NC(=O)c2cccc(C(=O)NCCN3CCOCC3)n2)cc1. The number of carbonyl (C=O) groups excluding carboxylic acids is 2. The molecule has 2 heterocycles. The highest BCUT2D eigenvalue weighted by molar-refractivity contribution is 6.03. The molecule has 1 aliphatic rings. The molecule has 7 nitrogen and oxygen atoms in total. The zero-order valence-electron chi connectivity index (χ0n) is 16.1. The van der Waals surface area contributed by atoms with Crippen molar-refractivity contribution in [3.63, 3.8) is 0 Å². The molecule has 28 heavy (non-hydrogen) atoms. The van der Waals surface area contributed by atoms with E-state index in [2.05, 4.69) is 27.4 Å². The quantitative estimate of drug-likeness (QED) is 0.765. The number of benzene rings is 1. The molecule has 1 saturated heterocycles. The van der Waals surface area contributed by atoms with E-state index >= 15 is 0 Å². The van der Waals surface area contributed by atoms with Crippen molar-refractivity contribution in [2.24, 2.45) is 0 Å². The predicted molar refractivity (Wildman–Crippen MR) is 108 cm³/mol. The van der Waals surface area contributed by atoms with Crippen molar-refractivity contribution in [3.05, 3.63) is 59.4 Å². The first-order chi connectivity index (χ1) is 13.7. The molecule has 1 fully saturated rings. The maximum atomic E-state index is 12.4. The van der Waals surface area contributed by atoms with Gasteiger partial charge in [-0.05, 0) is 36.2 Å². The molecule has 1 aliphatic heterocycles. The molecule has 0 bridgehead atoms. The molecule has 3 rings (SSSR count). The second-order valence-electron chi connectivity index (χ2n) is 6.62. The van der Waals surface area contributed by atoms with E-state index in [1.165, 1.54) is 5.56 Å². The molecule has 2 amide bonds. The van der Waals surface area contributed by atoms with E-state index < -0.39 is 0 Å². The van der Waals surface area contributed by atoms with Gasteiger partial charge in [0.2, 0.25) is 0 Å². The smallest absolute Gasteiger partial charge is 0.274 e. The maximum absolute atomic E-state index is 12.4. The molecule has 2 aromatic rings. The Balaban J connectivity index is 1.54. The van der Waals surface area contributed by atoms with Crippen molar-refractivity contribution < 1.29 is 14.3 Å². The Kier molecular flexibility index (Phi) is 7.11. The van der Waals surface area contributed by atoms with E-state index in [0.717, 1.165) is 39.3 Å². The van der Waals surface area contributed by atoms with Crippen molar-refractivity contribution in [1.29, 1.82) is 0 Å². The van der Waals surface area contributed by atoms with Gasteiger partial charge in [-0.2, -0.15) is 0 Å². The van der Waals surface area contributed by atoms with Gasteiger partial charge in [-0.15, -0.1) is 0 Å². The third-order valence-corrected chi connectivity index (χ3v) is 4.65. The van der Waals surface area contributed by atoms with Gasteiger partial charge in [0.05, 0.1) is 13.2 Å². The fraction of sp³-hybridized carbons (Fsp3) is 0.381. The summed E-state index contributed by atoms with van der Waals surface area (Å²) in [5, 5.41) is 5.67. The number of anilines is 1. The lowest BCUT2D eigenvalue weighted by Gasteiger charge is -2.26. The second-order valence-corrected chi connectivity index (χ2v) is 6.62. The minimum atomic E-state index is -0.341. The van der Waals surface area contributed by atoms with Crippen LogP contribution in [-0.4, -0.2) is 61.1 Å². The number of ether oxygens (including phenoxy) is 1. The van der Waals surface area contributed by atoms with Crippen LogP contribution in [0.4, 0.5) is 5.69 Å². The van der Waals surface area contributed by atoms with Gasteiger partial charge in [0.15, 0.2) is 0 Å². The van der Waals surface area contributed by atoms with Crippen LogP contribution >= 0.6 is 0 Å². The normalized spacial score (nSPS) is 14.5. The fourth-order valence-electron chi connectivity index (χ4n) is 2.95.